The zero-order valence-electron chi connectivity index (χ0n) is 13.3. The van der Waals surface area contributed by atoms with E-state index in [0.717, 1.165) is 23.7 Å². The van der Waals surface area contributed by atoms with E-state index in [1.165, 1.54) is 77.3 Å². The van der Waals surface area contributed by atoms with Crippen molar-refractivity contribution in [3.05, 3.63) is 0 Å². The van der Waals surface area contributed by atoms with Crippen LogP contribution in [-0.2, 0) is 0 Å². The van der Waals surface area contributed by atoms with Crippen LogP contribution in [0.25, 0.3) is 0 Å². The van der Waals surface area contributed by atoms with Gasteiger partial charge in [-0.3, -0.25) is 0 Å². The van der Waals surface area contributed by atoms with Crippen molar-refractivity contribution in [1.82, 2.24) is 5.32 Å². The lowest BCUT2D eigenvalue weighted by molar-refractivity contribution is 0.223. The van der Waals surface area contributed by atoms with E-state index >= 15 is 0 Å². The molecule has 2 saturated carbocycles. The molecular weight excluding hydrogens is 230 g/mol. The molecule has 0 aromatic rings. The number of hydrogen-bond acceptors (Lipinski definition) is 1. The topological polar surface area (TPSA) is 12.0 Å². The minimum Gasteiger partial charge on any atom is -0.316 e. The van der Waals surface area contributed by atoms with Crippen LogP contribution in [0.5, 0.6) is 0 Å². The molecule has 0 bridgehead atoms. The highest BCUT2D eigenvalue weighted by Gasteiger charge is 2.27. The summed E-state index contributed by atoms with van der Waals surface area (Å²) in [5.74, 6) is 3.87. The van der Waals surface area contributed by atoms with Crippen LogP contribution >= 0.6 is 0 Å². The summed E-state index contributed by atoms with van der Waals surface area (Å²) in [6, 6.07) is 0. The molecule has 0 aliphatic heterocycles. The quantitative estimate of drug-likeness (QED) is 0.682. The molecule has 0 heterocycles. The Kier molecular flexibility index (Phi) is 6.70. The molecule has 0 spiro atoms. The molecule has 0 saturated heterocycles. The molecule has 2 aliphatic carbocycles. The third kappa shape index (κ3) is 5.45. The second-order valence-electron chi connectivity index (χ2n) is 7.60. The van der Waals surface area contributed by atoms with Crippen molar-refractivity contribution in [3.63, 3.8) is 0 Å². The van der Waals surface area contributed by atoms with Crippen LogP contribution in [0.3, 0.4) is 0 Å². The maximum atomic E-state index is 3.75. The summed E-state index contributed by atoms with van der Waals surface area (Å²) >= 11 is 0. The zero-order valence-corrected chi connectivity index (χ0v) is 13.3. The molecule has 2 rings (SSSR count). The molecule has 0 aromatic heterocycles. The summed E-state index contributed by atoms with van der Waals surface area (Å²) in [5.41, 5.74) is 0. The first-order chi connectivity index (χ1) is 9.25. The van der Waals surface area contributed by atoms with Gasteiger partial charge < -0.3 is 5.32 Å². The van der Waals surface area contributed by atoms with E-state index in [-0.39, 0.29) is 0 Å². The number of hydrogen-bond donors (Lipinski definition) is 1. The standard InChI is InChI=1S/C18H35N/c1-15(2)13-19-14-18(17-10-6-7-11-17)12-16-8-4-3-5-9-16/h15-19H,3-14H2,1-2H3. The first kappa shape index (κ1) is 15.4. The maximum absolute atomic E-state index is 3.75. The van der Waals surface area contributed by atoms with Crippen LogP contribution in [0.1, 0.15) is 78.1 Å². The van der Waals surface area contributed by atoms with E-state index in [0.29, 0.717) is 0 Å². The smallest absolute Gasteiger partial charge is 0.00177 e. The molecule has 2 fully saturated rings. The zero-order chi connectivity index (χ0) is 13.5. The van der Waals surface area contributed by atoms with Gasteiger partial charge in [-0.05, 0) is 43.2 Å². The molecule has 1 unspecified atom stereocenters. The lowest BCUT2D eigenvalue weighted by atomic mass is 9.78. The molecule has 0 radical (unpaired) electrons. The minimum atomic E-state index is 0.791. The first-order valence-corrected chi connectivity index (χ1v) is 8.96. The van der Waals surface area contributed by atoms with Gasteiger partial charge in [0.1, 0.15) is 0 Å². The summed E-state index contributed by atoms with van der Waals surface area (Å²) in [5, 5.41) is 3.75. The van der Waals surface area contributed by atoms with Crippen molar-refractivity contribution in [3.8, 4) is 0 Å². The van der Waals surface area contributed by atoms with Gasteiger partial charge in [0.05, 0.1) is 0 Å². The highest BCUT2D eigenvalue weighted by Crippen LogP contribution is 2.37. The molecule has 1 atom stereocenters. The van der Waals surface area contributed by atoms with Gasteiger partial charge in [0, 0.05) is 0 Å². The van der Waals surface area contributed by atoms with Gasteiger partial charge in [0.25, 0.3) is 0 Å². The van der Waals surface area contributed by atoms with Gasteiger partial charge in [-0.2, -0.15) is 0 Å². The van der Waals surface area contributed by atoms with Gasteiger partial charge in [0.15, 0.2) is 0 Å². The Morgan fingerprint density at radius 1 is 0.842 bits per heavy atom. The fraction of sp³-hybridized carbons (Fsp3) is 1.00. The molecule has 0 amide bonds. The van der Waals surface area contributed by atoms with Crippen LogP contribution in [0.2, 0.25) is 0 Å². The highest BCUT2D eigenvalue weighted by atomic mass is 14.9. The molecule has 0 aromatic carbocycles. The second kappa shape index (κ2) is 8.29. The van der Waals surface area contributed by atoms with Crippen LogP contribution in [0.4, 0.5) is 0 Å². The third-order valence-corrected chi connectivity index (χ3v) is 5.39. The fourth-order valence-electron chi connectivity index (χ4n) is 4.28. The molecule has 112 valence electrons. The predicted octanol–water partition coefficient (Wildman–Crippen LogP) is 5.01. The van der Waals surface area contributed by atoms with Gasteiger partial charge in [-0.1, -0.05) is 71.6 Å². The van der Waals surface area contributed by atoms with Crippen molar-refractivity contribution in [2.75, 3.05) is 13.1 Å². The van der Waals surface area contributed by atoms with Gasteiger partial charge >= 0.3 is 0 Å². The van der Waals surface area contributed by atoms with Crippen LogP contribution in [0, 0.1) is 23.7 Å². The summed E-state index contributed by atoms with van der Waals surface area (Å²) in [6.07, 6.45) is 15.1. The van der Waals surface area contributed by atoms with Gasteiger partial charge in [-0.15, -0.1) is 0 Å². The Morgan fingerprint density at radius 3 is 2.11 bits per heavy atom. The largest absolute Gasteiger partial charge is 0.316 e. The van der Waals surface area contributed by atoms with E-state index in [9.17, 15) is 0 Å². The monoisotopic (exact) mass is 265 g/mol. The van der Waals surface area contributed by atoms with Crippen molar-refractivity contribution >= 4 is 0 Å². The Bertz CT molecular complexity index is 224. The number of nitrogens with one attached hydrogen (secondary N) is 1. The average Bonchev–Trinajstić information content (AvgIpc) is 2.92. The van der Waals surface area contributed by atoms with Gasteiger partial charge in [-0.25, -0.2) is 0 Å². The lowest BCUT2D eigenvalue weighted by Gasteiger charge is -2.30. The van der Waals surface area contributed by atoms with Crippen molar-refractivity contribution in [1.29, 1.82) is 0 Å². The lowest BCUT2D eigenvalue weighted by Crippen LogP contribution is -2.31. The van der Waals surface area contributed by atoms with E-state index in [4.69, 9.17) is 0 Å². The molecule has 1 N–H and O–H groups in total. The highest BCUT2D eigenvalue weighted by molar-refractivity contribution is 4.80. The normalized spacial score (nSPS) is 24.2. The molecule has 1 heteroatoms. The van der Waals surface area contributed by atoms with Crippen molar-refractivity contribution in [2.24, 2.45) is 23.7 Å². The second-order valence-corrected chi connectivity index (χ2v) is 7.60. The fourth-order valence-corrected chi connectivity index (χ4v) is 4.28. The van der Waals surface area contributed by atoms with Crippen LogP contribution < -0.4 is 5.32 Å². The summed E-state index contributed by atoms with van der Waals surface area (Å²) in [4.78, 5) is 0. The Morgan fingerprint density at radius 2 is 1.47 bits per heavy atom. The Balaban J connectivity index is 1.78. The maximum Gasteiger partial charge on any atom is -0.00177 e. The van der Waals surface area contributed by atoms with E-state index in [2.05, 4.69) is 19.2 Å². The summed E-state index contributed by atoms with van der Waals surface area (Å²) < 4.78 is 0. The Labute approximate surface area is 120 Å². The van der Waals surface area contributed by atoms with Crippen LogP contribution in [-0.4, -0.2) is 13.1 Å². The van der Waals surface area contributed by atoms with E-state index in [1.807, 2.05) is 0 Å². The third-order valence-electron chi connectivity index (χ3n) is 5.39. The molecular formula is C18H35N. The average molecular weight is 265 g/mol. The first-order valence-electron chi connectivity index (χ1n) is 8.96. The van der Waals surface area contributed by atoms with Crippen molar-refractivity contribution in [2.45, 2.75) is 78.1 Å². The summed E-state index contributed by atoms with van der Waals surface area (Å²) in [6.45, 7) is 7.13. The molecule has 19 heavy (non-hydrogen) atoms. The SMILES string of the molecule is CC(C)CNCC(CC1CCCCC1)C1CCCC1. The molecule has 2 aliphatic rings. The van der Waals surface area contributed by atoms with Crippen molar-refractivity contribution < 1.29 is 0 Å². The molecule has 1 nitrogen and oxygen atoms in total. The van der Waals surface area contributed by atoms with Crippen LogP contribution in [0.15, 0.2) is 0 Å². The predicted molar refractivity (Wildman–Crippen MR) is 84.3 cm³/mol. The minimum absolute atomic E-state index is 0.791. The van der Waals surface area contributed by atoms with E-state index in [1.54, 1.807) is 0 Å². The number of rotatable bonds is 7. The summed E-state index contributed by atoms with van der Waals surface area (Å²) in [7, 11) is 0. The van der Waals surface area contributed by atoms with Gasteiger partial charge in [0.2, 0.25) is 0 Å². The van der Waals surface area contributed by atoms with E-state index < -0.39 is 0 Å². The Hall–Kier alpha value is -0.0400.